The summed E-state index contributed by atoms with van der Waals surface area (Å²) in [5, 5.41) is 5.68. The van der Waals surface area contributed by atoms with E-state index in [1.807, 2.05) is 6.26 Å². The molecule has 3 aromatic heterocycles. The first-order valence-electron chi connectivity index (χ1n) is 9.57. The molecule has 0 aliphatic heterocycles. The van der Waals surface area contributed by atoms with Crippen LogP contribution in [0.15, 0.2) is 5.16 Å². The van der Waals surface area contributed by atoms with Crippen molar-refractivity contribution in [3.8, 4) is 0 Å². The molecule has 1 aliphatic carbocycles. The van der Waals surface area contributed by atoms with Gasteiger partial charge >= 0.3 is 0 Å². The summed E-state index contributed by atoms with van der Waals surface area (Å²) in [7, 11) is 0. The number of aryl methyl sites for hydroxylation is 1. The van der Waals surface area contributed by atoms with Crippen molar-refractivity contribution in [1.29, 1.82) is 0 Å². The van der Waals surface area contributed by atoms with Gasteiger partial charge in [0.25, 0.3) is 0 Å². The Morgan fingerprint density at radius 2 is 1.96 bits per heavy atom. The number of fused-ring (bicyclic) bond motifs is 5. The number of hydrogen-bond acceptors (Lipinski definition) is 6. The molecule has 4 nitrogen and oxygen atoms in total. The minimum Gasteiger partial charge on any atom is -0.369 e. The van der Waals surface area contributed by atoms with Crippen molar-refractivity contribution in [3.63, 3.8) is 0 Å². The molecule has 0 saturated carbocycles. The van der Waals surface area contributed by atoms with Crippen LogP contribution >= 0.6 is 23.1 Å². The third kappa shape index (κ3) is 2.97. The lowest BCUT2D eigenvalue weighted by Gasteiger charge is -2.12. The van der Waals surface area contributed by atoms with E-state index in [1.54, 1.807) is 23.1 Å². The second-order valence-electron chi connectivity index (χ2n) is 7.26. The van der Waals surface area contributed by atoms with Crippen LogP contribution < -0.4 is 5.32 Å². The number of nitrogens with zero attached hydrogens (tertiary/aromatic N) is 3. The third-order valence-electron chi connectivity index (χ3n) is 5.10. The predicted octanol–water partition coefficient (Wildman–Crippen LogP) is 5.79. The van der Waals surface area contributed by atoms with Crippen molar-refractivity contribution in [2.75, 3.05) is 18.1 Å². The standard InChI is InChI=1S/C20H26N4S2/c1-5-6-10-21-18-17-16(23-20(24-18)25-4)14-12-8-7-9-13(12)15(11(2)3)22-19(14)26-17/h11H,5-10H2,1-4H3,(H,21,23,24). The number of thioether (sulfide) groups is 1. The van der Waals surface area contributed by atoms with Crippen LogP contribution in [-0.2, 0) is 12.8 Å². The highest BCUT2D eigenvalue weighted by atomic mass is 32.2. The molecule has 6 heteroatoms. The highest BCUT2D eigenvalue weighted by Gasteiger charge is 2.25. The maximum absolute atomic E-state index is 5.09. The molecular weight excluding hydrogens is 360 g/mol. The maximum atomic E-state index is 5.09. The zero-order chi connectivity index (χ0) is 18.3. The molecule has 0 spiro atoms. The molecule has 0 radical (unpaired) electrons. The summed E-state index contributed by atoms with van der Waals surface area (Å²) < 4.78 is 1.16. The van der Waals surface area contributed by atoms with E-state index in [-0.39, 0.29) is 0 Å². The van der Waals surface area contributed by atoms with Gasteiger partial charge in [-0.15, -0.1) is 11.3 Å². The first-order chi connectivity index (χ1) is 12.6. The number of aromatic nitrogens is 3. The molecule has 0 amide bonds. The lowest BCUT2D eigenvalue weighted by molar-refractivity contribution is 0.805. The Bertz CT molecular complexity index is 962. The number of rotatable bonds is 6. The summed E-state index contributed by atoms with van der Waals surface area (Å²) in [6.07, 6.45) is 7.91. The second kappa shape index (κ2) is 7.31. The Morgan fingerprint density at radius 3 is 2.69 bits per heavy atom. The number of pyridine rings is 1. The van der Waals surface area contributed by atoms with Gasteiger partial charge < -0.3 is 5.32 Å². The van der Waals surface area contributed by atoms with Crippen LogP contribution in [0, 0.1) is 0 Å². The fraction of sp³-hybridized carbons (Fsp3) is 0.550. The summed E-state index contributed by atoms with van der Waals surface area (Å²) in [5.41, 5.74) is 5.37. The molecule has 0 aromatic carbocycles. The van der Waals surface area contributed by atoms with E-state index in [9.17, 15) is 0 Å². The van der Waals surface area contributed by atoms with Gasteiger partial charge in [-0.05, 0) is 49.0 Å². The molecular formula is C20H26N4S2. The normalized spacial score (nSPS) is 13.9. The fourth-order valence-corrected chi connectivity index (χ4v) is 5.33. The van der Waals surface area contributed by atoms with Gasteiger partial charge in [0.15, 0.2) is 5.16 Å². The van der Waals surface area contributed by atoms with Crippen molar-refractivity contribution in [1.82, 2.24) is 15.0 Å². The van der Waals surface area contributed by atoms with Gasteiger partial charge in [0, 0.05) is 17.6 Å². The van der Waals surface area contributed by atoms with Crippen LogP contribution in [0.4, 0.5) is 5.82 Å². The first kappa shape index (κ1) is 18.0. The quantitative estimate of drug-likeness (QED) is 0.330. The molecule has 3 aromatic rings. The van der Waals surface area contributed by atoms with E-state index in [1.165, 1.54) is 35.0 Å². The number of nitrogens with one attached hydrogen (secondary N) is 1. The molecule has 138 valence electrons. The number of thiophene rings is 1. The van der Waals surface area contributed by atoms with Crippen molar-refractivity contribution in [2.45, 2.75) is 63.9 Å². The SMILES string of the molecule is CCCCNc1nc(SC)nc2c1sc1nc(C(C)C)c3c(c12)CCC3. The number of unbranched alkanes of at least 4 members (excludes halogenated alkanes) is 1. The molecule has 0 unspecified atom stereocenters. The fourth-order valence-electron chi connectivity index (χ4n) is 3.85. The molecule has 4 rings (SSSR count). The largest absolute Gasteiger partial charge is 0.369 e. The van der Waals surface area contributed by atoms with E-state index in [4.69, 9.17) is 15.0 Å². The van der Waals surface area contributed by atoms with Crippen LogP contribution in [0.1, 0.15) is 62.8 Å². The van der Waals surface area contributed by atoms with Crippen molar-refractivity contribution in [3.05, 3.63) is 16.8 Å². The molecule has 1 N–H and O–H groups in total. The Morgan fingerprint density at radius 1 is 1.15 bits per heavy atom. The molecule has 0 atom stereocenters. The van der Waals surface area contributed by atoms with Gasteiger partial charge in [-0.3, -0.25) is 0 Å². The summed E-state index contributed by atoms with van der Waals surface area (Å²) in [5.74, 6) is 1.44. The third-order valence-corrected chi connectivity index (χ3v) is 6.72. The number of hydrogen-bond donors (Lipinski definition) is 1. The van der Waals surface area contributed by atoms with Crippen LogP contribution in [-0.4, -0.2) is 27.8 Å². The molecule has 0 fully saturated rings. The van der Waals surface area contributed by atoms with Gasteiger partial charge in [-0.2, -0.15) is 0 Å². The minimum absolute atomic E-state index is 0.464. The molecule has 0 saturated heterocycles. The first-order valence-corrected chi connectivity index (χ1v) is 11.6. The zero-order valence-electron chi connectivity index (χ0n) is 16.0. The minimum atomic E-state index is 0.464. The monoisotopic (exact) mass is 386 g/mol. The van der Waals surface area contributed by atoms with E-state index in [0.29, 0.717) is 5.92 Å². The van der Waals surface area contributed by atoms with E-state index in [0.717, 1.165) is 51.8 Å². The zero-order valence-corrected chi connectivity index (χ0v) is 17.6. The average Bonchev–Trinajstić information content (AvgIpc) is 3.24. The van der Waals surface area contributed by atoms with Crippen LogP contribution in [0.2, 0.25) is 0 Å². The van der Waals surface area contributed by atoms with E-state index >= 15 is 0 Å². The lowest BCUT2D eigenvalue weighted by Crippen LogP contribution is -2.04. The van der Waals surface area contributed by atoms with Gasteiger partial charge in [-0.1, -0.05) is 39.0 Å². The van der Waals surface area contributed by atoms with Crippen LogP contribution in [0.3, 0.4) is 0 Å². The Hall–Kier alpha value is -1.40. The highest BCUT2D eigenvalue weighted by Crippen LogP contribution is 2.43. The molecule has 3 heterocycles. The van der Waals surface area contributed by atoms with E-state index in [2.05, 4.69) is 26.1 Å². The maximum Gasteiger partial charge on any atom is 0.189 e. The summed E-state index contributed by atoms with van der Waals surface area (Å²) in [6, 6.07) is 0. The van der Waals surface area contributed by atoms with Crippen molar-refractivity contribution in [2.24, 2.45) is 0 Å². The Labute approximate surface area is 163 Å². The predicted molar refractivity (Wildman–Crippen MR) is 114 cm³/mol. The lowest BCUT2D eigenvalue weighted by atomic mass is 9.99. The van der Waals surface area contributed by atoms with E-state index < -0.39 is 0 Å². The second-order valence-corrected chi connectivity index (χ2v) is 9.03. The van der Waals surface area contributed by atoms with Crippen LogP contribution in [0.5, 0.6) is 0 Å². The van der Waals surface area contributed by atoms with Gasteiger partial charge in [0.1, 0.15) is 10.6 Å². The van der Waals surface area contributed by atoms with Crippen LogP contribution in [0.25, 0.3) is 20.4 Å². The Kier molecular flexibility index (Phi) is 5.06. The van der Waals surface area contributed by atoms with Gasteiger partial charge in [0.2, 0.25) is 0 Å². The Balaban J connectivity index is 1.98. The molecule has 0 bridgehead atoms. The summed E-state index contributed by atoms with van der Waals surface area (Å²) in [6.45, 7) is 7.67. The molecule has 26 heavy (non-hydrogen) atoms. The topological polar surface area (TPSA) is 50.7 Å². The van der Waals surface area contributed by atoms with Gasteiger partial charge in [0.05, 0.1) is 10.2 Å². The highest BCUT2D eigenvalue weighted by molar-refractivity contribution is 7.98. The van der Waals surface area contributed by atoms with Gasteiger partial charge in [-0.25, -0.2) is 15.0 Å². The van der Waals surface area contributed by atoms with Crippen molar-refractivity contribution >= 4 is 49.3 Å². The molecule has 1 aliphatic rings. The number of anilines is 1. The summed E-state index contributed by atoms with van der Waals surface area (Å²) in [4.78, 5) is 15.9. The average molecular weight is 387 g/mol. The summed E-state index contributed by atoms with van der Waals surface area (Å²) >= 11 is 3.37. The smallest absolute Gasteiger partial charge is 0.189 e. The van der Waals surface area contributed by atoms with Crippen molar-refractivity contribution < 1.29 is 0 Å².